The van der Waals surface area contributed by atoms with Gasteiger partial charge in [0.25, 0.3) is 11.8 Å². The minimum Gasteiger partial charge on any atom is -0.492 e. The highest BCUT2D eigenvalue weighted by Crippen LogP contribution is 2.19. The number of rotatable bonds is 8. The molecule has 3 N–H and O–H groups in total. The van der Waals surface area contributed by atoms with Crippen molar-refractivity contribution in [3.05, 3.63) is 71.8 Å². The summed E-state index contributed by atoms with van der Waals surface area (Å²) in [6.45, 7) is 0.620. The van der Waals surface area contributed by atoms with E-state index in [2.05, 4.69) is 17.5 Å². The molecule has 0 saturated carbocycles. The number of amides is 2. The molecule has 2 amide bonds. The second-order valence-corrected chi connectivity index (χ2v) is 6.61. The highest BCUT2D eigenvalue weighted by Gasteiger charge is 2.11. The maximum absolute atomic E-state index is 12.2. The summed E-state index contributed by atoms with van der Waals surface area (Å²) in [7, 11) is 0. The number of hydrogen-bond donors (Lipinski definition) is 3. The molecule has 0 bridgehead atoms. The zero-order valence-electron chi connectivity index (χ0n) is 16.0. The highest BCUT2D eigenvalue weighted by atomic mass is 16.5. The number of benzene rings is 2. The Morgan fingerprint density at radius 3 is 2.24 bits per heavy atom. The molecule has 7 heteroatoms. The first kappa shape index (κ1) is 20.4. The number of ether oxygens (including phenoxy) is 2. The topological polar surface area (TPSA) is 96.9 Å². The van der Waals surface area contributed by atoms with Crippen molar-refractivity contribution in [2.24, 2.45) is 0 Å². The van der Waals surface area contributed by atoms with Crippen LogP contribution in [-0.4, -0.2) is 36.3 Å². The molecule has 1 atom stereocenters. The van der Waals surface area contributed by atoms with Gasteiger partial charge in [0.2, 0.25) is 0 Å². The first-order valence-corrected chi connectivity index (χ1v) is 9.54. The third kappa shape index (κ3) is 6.08. The highest BCUT2D eigenvalue weighted by molar-refractivity contribution is 5.94. The molecular weight excluding hydrogens is 372 g/mol. The summed E-state index contributed by atoms with van der Waals surface area (Å²) in [5, 5.41) is 11.4. The van der Waals surface area contributed by atoms with Crippen LogP contribution in [0.3, 0.4) is 0 Å². The van der Waals surface area contributed by atoms with E-state index >= 15 is 0 Å². The lowest BCUT2D eigenvalue weighted by molar-refractivity contribution is 0.0706. The Morgan fingerprint density at radius 2 is 1.62 bits per heavy atom. The molecule has 7 nitrogen and oxygen atoms in total. The molecule has 29 heavy (non-hydrogen) atoms. The van der Waals surface area contributed by atoms with Crippen LogP contribution in [0.25, 0.3) is 0 Å². The fourth-order valence-electron chi connectivity index (χ4n) is 2.94. The largest absolute Gasteiger partial charge is 0.492 e. The maximum Gasteiger partial charge on any atom is 0.274 e. The Balaban J connectivity index is 1.40. The van der Waals surface area contributed by atoms with Crippen molar-refractivity contribution in [1.29, 1.82) is 0 Å². The van der Waals surface area contributed by atoms with Gasteiger partial charge in [-0.15, -0.1) is 0 Å². The van der Waals surface area contributed by atoms with Crippen molar-refractivity contribution in [3.63, 3.8) is 0 Å². The molecule has 1 aliphatic carbocycles. The van der Waals surface area contributed by atoms with E-state index in [-0.39, 0.29) is 18.6 Å². The third-order valence-corrected chi connectivity index (χ3v) is 4.49. The van der Waals surface area contributed by atoms with Crippen molar-refractivity contribution in [1.82, 2.24) is 10.8 Å². The van der Waals surface area contributed by atoms with E-state index in [0.29, 0.717) is 23.4 Å². The fraction of sp³-hybridized carbons (Fsp3) is 0.273. The van der Waals surface area contributed by atoms with Gasteiger partial charge >= 0.3 is 0 Å². The molecule has 2 aromatic rings. The summed E-state index contributed by atoms with van der Waals surface area (Å²) < 4.78 is 11.4. The van der Waals surface area contributed by atoms with Crippen molar-refractivity contribution in [2.75, 3.05) is 13.2 Å². The monoisotopic (exact) mass is 396 g/mol. The molecule has 1 unspecified atom stereocenters. The number of carbonyl (C=O) groups is 2. The Hall–Kier alpha value is -3.32. The summed E-state index contributed by atoms with van der Waals surface area (Å²) in [6.07, 6.45) is 7.57. The van der Waals surface area contributed by atoms with E-state index in [1.165, 1.54) is 12.1 Å². The maximum atomic E-state index is 12.2. The first-order chi connectivity index (χ1) is 14.2. The van der Waals surface area contributed by atoms with Crippen LogP contribution in [0.4, 0.5) is 0 Å². The average Bonchev–Trinajstić information content (AvgIpc) is 2.77. The smallest absolute Gasteiger partial charge is 0.274 e. The molecule has 152 valence electrons. The van der Waals surface area contributed by atoms with Gasteiger partial charge in [-0.3, -0.25) is 14.8 Å². The second kappa shape index (κ2) is 10.3. The third-order valence-electron chi connectivity index (χ3n) is 4.49. The van der Waals surface area contributed by atoms with E-state index in [4.69, 9.17) is 14.7 Å². The lowest BCUT2D eigenvalue weighted by atomic mass is 10.1. The number of hydrogen-bond acceptors (Lipinski definition) is 5. The second-order valence-electron chi connectivity index (χ2n) is 6.61. The zero-order valence-corrected chi connectivity index (χ0v) is 16.0. The van der Waals surface area contributed by atoms with Crippen LogP contribution in [0.15, 0.2) is 60.7 Å². The van der Waals surface area contributed by atoms with Crippen LogP contribution < -0.4 is 20.3 Å². The van der Waals surface area contributed by atoms with Crippen LogP contribution in [0.1, 0.15) is 40.0 Å². The van der Waals surface area contributed by atoms with E-state index < -0.39 is 5.91 Å². The summed E-state index contributed by atoms with van der Waals surface area (Å²) in [5.41, 5.74) is 2.44. The summed E-state index contributed by atoms with van der Waals surface area (Å²) in [6, 6.07) is 13.4. The van der Waals surface area contributed by atoms with Gasteiger partial charge in [0.1, 0.15) is 24.2 Å². The van der Waals surface area contributed by atoms with E-state index in [1.54, 1.807) is 41.9 Å². The first-order valence-electron chi connectivity index (χ1n) is 9.54. The van der Waals surface area contributed by atoms with Gasteiger partial charge in [-0.1, -0.05) is 6.08 Å². The van der Waals surface area contributed by atoms with Gasteiger partial charge in [-0.25, -0.2) is 5.48 Å². The standard InChI is InChI=1S/C22H24N2O5/c25-21(16-8-12-20(13-9-16)29-19-4-2-1-3-5-19)23-14-15-28-18-10-6-17(7-11-18)22(26)24-27/h2,4,6-13,19,27H,1,3,5,14-15H2,(H,23,25)(H,24,26). The predicted octanol–water partition coefficient (Wildman–Crippen LogP) is 3.10. The van der Waals surface area contributed by atoms with Crippen LogP contribution >= 0.6 is 0 Å². The molecule has 3 rings (SSSR count). The molecule has 0 spiro atoms. The number of allylic oxidation sites excluding steroid dienone is 1. The van der Waals surface area contributed by atoms with Crippen LogP contribution in [0.5, 0.6) is 11.5 Å². The van der Waals surface area contributed by atoms with Crippen LogP contribution in [-0.2, 0) is 0 Å². The molecule has 2 aromatic carbocycles. The Bertz CT molecular complexity index is 847. The minimum absolute atomic E-state index is 0.104. The van der Waals surface area contributed by atoms with Crippen LogP contribution in [0, 0.1) is 0 Å². The minimum atomic E-state index is -0.588. The van der Waals surface area contributed by atoms with E-state index in [1.807, 2.05) is 0 Å². The van der Waals surface area contributed by atoms with Crippen molar-refractivity contribution in [2.45, 2.75) is 25.4 Å². The van der Waals surface area contributed by atoms with Gasteiger partial charge in [-0.2, -0.15) is 0 Å². The van der Waals surface area contributed by atoms with Crippen molar-refractivity contribution < 1.29 is 24.3 Å². The summed E-state index contributed by atoms with van der Waals surface area (Å²) in [5.74, 6) is 0.537. The molecule has 0 aromatic heterocycles. The SMILES string of the molecule is O=C(NO)c1ccc(OCCNC(=O)c2ccc(OC3C=CCCC3)cc2)cc1. The number of carbonyl (C=O) groups excluding carboxylic acids is 2. The van der Waals surface area contributed by atoms with Gasteiger partial charge in [0.15, 0.2) is 0 Å². The number of hydroxylamine groups is 1. The van der Waals surface area contributed by atoms with Gasteiger partial charge in [0.05, 0.1) is 6.54 Å². The Labute approximate surface area is 169 Å². The quantitative estimate of drug-likeness (QED) is 0.276. The molecule has 0 heterocycles. The van der Waals surface area contributed by atoms with Gasteiger partial charge < -0.3 is 14.8 Å². The molecular formula is C22H24N2O5. The van der Waals surface area contributed by atoms with Gasteiger partial charge in [0, 0.05) is 11.1 Å². The molecule has 1 aliphatic rings. The summed E-state index contributed by atoms with van der Waals surface area (Å²) in [4.78, 5) is 23.5. The molecule has 0 saturated heterocycles. The Morgan fingerprint density at radius 1 is 0.966 bits per heavy atom. The van der Waals surface area contributed by atoms with E-state index in [9.17, 15) is 9.59 Å². The Kier molecular flexibility index (Phi) is 7.24. The van der Waals surface area contributed by atoms with Crippen LogP contribution in [0.2, 0.25) is 0 Å². The zero-order chi connectivity index (χ0) is 20.5. The number of nitrogens with one attached hydrogen (secondary N) is 2. The normalized spacial score (nSPS) is 15.4. The molecule has 0 aliphatic heterocycles. The van der Waals surface area contributed by atoms with Crippen molar-refractivity contribution >= 4 is 11.8 Å². The summed E-state index contributed by atoms with van der Waals surface area (Å²) >= 11 is 0. The molecule has 0 radical (unpaired) electrons. The van der Waals surface area contributed by atoms with E-state index in [0.717, 1.165) is 25.0 Å². The van der Waals surface area contributed by atoms with Crippen molar-refractivity contribution in [3.8, 4) is 11.5 Å². The predicted molar refractivity (Wildman–Crippen MR) is 107 cm³/mol. The lowest BCUT2D eigenvalue weighted by Crippen LogP contribution is -2.28. The fourth-order valence-corrected chi connectivity index (χ4v) is 2.94. The molecule has 0 fully saturated rings. The average molecular weight is 396 g/mol. The van der Waals surface area contributed by atoms with Gasteiger partial charge in [-0.05, 0) is 73.9 Å². The lowest BCUT2D eigenvalue weighted by Gasteiger charge is -2.18.